The Morgan fingerprint density at radius 1 is 0.722 bits per heavy atom. The summed E-state index contributed by atoms with van der Waals surface area (Å²) in [5.74, 6) is 1.57. The first kappa shape index (κ1) is 21.4. The zero-order valence-corrected chi connectivity index (χ0v) is 14.5. The maximum Gasteiger partial charge on any atom is 0.129 e. The van der Waals surface area contributed by atoms with Crippen molar-refractivity contribution in [1.82, 2.24) is 0 Å². The van der Waals surface area contributed by atoms with E-state index < -0.39 is 0 Å². The number of likely N-dealkylation sites (N-methyl/N-ethyl adjacent to an activating group) is 2. The lowest BCUT2D eigenvalue weighted by Crippen LogP contribution is -3.00. The van der Waals surface area contributed by atoms with Crippen LogP contribution in [-0.2, 0) is 0 Å². The van der Waals surface area contributed by atoms with Gasteiger partial charge in [-0.1, -0.05) is 0 Å². The van der Waals surface area contributed by atoms with E-state index in [1.165, 1.54) is 48.2 Å². The molecule has 1 aliphatic rings. The molecule has 1 heterocycles. The lowest BCUT2D eigenvalue weighted by molar-refractivity contribution is -1.03. The minimum atomic E-state index is 0. The van der Waals surface area contributed by atoms with Crippen molar-refractivity contribution in [2.45, 2.75) is 13.8 Å². The molecule has 1 aliphatic heterocycles. The summed E-state index contributed by atoms with van der Waals surface area (Å²) in [6.07, 6.45) is 0. The smallest absolute Gasteiger partial charge is 0.129 e. The Morgan fingerprint density at radius 3 is 1.17 bits per heavy atom. The molecule has 0 bridgehead atoms. The zero-order valence-electron chi connectivity index (χ0n) is 11.5. The Morgan fingerprint density at radius 2 is 1.00 bits per heavy atom. The van der Waals surface area contributed by atoms with Gasteiger partial charge in [0.2, 0.25) is 0 Å². The average molecular weight is 340 g/mol. The van der Waals surface area contributed by atoms with E-state index in [1.807, 2.05) is 0 Å². The van der Waals surface area contributed by atoms with Crippen molar-refractivity contribution in [2.75, 3.05) is 64.1 Å². The van der Waals surface area contributed by atoms with Gasteiger partial charge in [0, 0.05) is 0 Å². The number of piperazine rings is 1. The molecule has 0 aromatic heterocycles. The highest BCUT2D eigenvalue weighted by molar-refractivity contribution is 6.18. The minimum absolute atomic E-state index is 0. The maximum absolute atomic E-state index is 5.93. The van der Waals surface area contributed by atoms with Crippen LogP contribution in [0.25, 0.3) is 0 Å². The summed E-state index contributed by atoms with van der Waals surface area (Å²) < 4.78 is 2.43. The molecule has 0 aromatic carbocycles. The third kappa shape index (κ3) is 5.22. The van der Waals surface area contributed by atoms with Crippen LogP contribution in [0.5, 0.6) is 0 Å². The largest absolute Gasteiger partial charge is 1.00 e. The van der Waals surface area contributed by atoms with Crippen LogP contribution < -0.4 is 24.8 Å². The topological polar surface area (TPSA) is 0 Å². The van der Waals surface area contributed by atoms with E-state index in [9.17, 15) is 0 Å². The van der Waals surface area contributed by atoms with Gasteiger partial charge < -0.3 is 33.8 Å². The fraction of sp³-hybridized carbons (Fsp3) is 1.00. The number of quaternary nitrogens is 2. The van der Waals surface area contributed by atoms with Crippen molar-refractivity contribution < 1.29 is 33.8 Å². The van der Waals surface area contributed by atoms with Gasteiger partial charge in [0.1, 0.15) is 26.2 Å². The van der Waals surface area contributed by atoms with Gasteiger partial charge in [-0.25, -0.2) is 0 Å². The quantitative estimate of drug-likeness (QED) is 0.343. The van der Waals surface area contributed by atoms with Gasteiger partial charge in [-0.2, -0.15) is 0 Å². The van der Waals surface area contributed by atoms with Crippen LogP contribution in [-0.4, -0.2) is 73.1 Å². The van der Waals surface area contributed by atoms with Gasteiger partial charge in [0.25, 0.3) is 0 Å². The number of alkyl halides is 2. The van der Waals surface area contributed by atoms with Crippen LogP contribution in [0.3, 0.4) is 0 Å². The van der Waals surface area contributed by atoms with E-state index >= 15 is 0 Å². The number of hydrogen-bond acceptors (Lipinski definition) is 0. The van der Waals surface area contributed by atoms with Crippen LogP contribution in [0.2, 0.25) is 0 Å². The molecule has 0 unspecified atom stereocenters. The van der Waals surface area contributed by atoms with Gasteiger partial charge in [-0.05, 0) is 13.8 Å². The molecule has 6 heteroatoms. The monoisotopic (exact) mass is 338 g/mol. The Balaban J connectivity index is 0. The number of rotatable bonds is 6. The lowest BCUT2D eigenvalue weighted by atomic mass is 10.2. The van der Waals surface area contributed by atoms with E-state index in [4.69, 9.17) is 23.2 Å². The van der Waals surface area contributed by atoms with E-state index in [0.29, 0.717) is 0 Å². The number of halogens is 4. The average Bonchev–Trinajstić information content (AvgIpc) is 2.33. The second kappa shape index (κ2) is 9.90. The summed E-state index contributed by atoms with van der Waals surface area (Å²) in [6, 6.07) is 0. The standard InChI is InChI=1S/C12H26Cl2N2.2ClH/c1-3-15(7-5-13)9-11-16(4-2,8-6-14)12-10-15;;/h3-12H2,1-2H3;2*1H/q+2;;/p-2. The first-order chi connectivity index (χ1) is 7.66. The number of hydrogen-bond donors (Lipinski definition) is 0. The molecule has 0 atom stereocenters. The highest BCUT2D eigenvalue weighted by Gasteiger charge is 2.39. The second-order valence-corrected chi connectivity index (χ2v) is 5.79. The van der Waals surface area contributed by atoms with E-state index in [0.717, 1.165) is 24.8 Å². The molecular formula is C12H26Cl4N2. The molecule has 1 fully saturated rings. The molecule has 0 aromatic rings. The SMILES string of the molecule is CC[N+]1(CCCl)CC[N+](CC)(CCCl)CC1.[Cl-].[Cl-]. The predicted octanol–water partition coefficient (Wildman–Crippen LogP) is -3.84. The summed E-state index contributed by atoms with van der Waals surface area (Å²) in [7, 11) is 0. The Kier molecular flexibility index (Phi) is 11.8. The molecule has 1 rings (SSSR count). The van der Waals surface area contributed by atoms with Crippen LogP contribution in [0.4, 0.5) is 0 Å². The molecule has 18 heavy (non-hydrogen) atoms. The Labute approximate surface area is 135 Å². The Hall–Kier alpha value is 1.08. The third-order valence-corrected chi connectivity index (χ3v) is 4.89. The first-order valence-corrected chi connectivity index (χ1v) is 7.55. The van der Waals surface area contributed by atoms with Crippen molar-refractivity contribution in [3.8, 4) is 0 Å². The van der Waals surface area contributed by atoms with Gasteiger partial charge >= 0.3 is 0 Å². The van der Waals surface area contributed by atoms with Crippen molar-refractivity contribution in [3.63, 3.8) is 0 Å². The maximum atomic E-state index is 5.93. The lowest BCUT2D eigenvalue weighted by Gasteiger charge is -2.49. The third-order valence-electron chi connectivity index (χ3n) is 4.56. The fourth-order valence-corrected chi connectivity index (χ4v) is 3.54. The highest BCUT2D eigenvalue weighted by atomic mass is 35.5. The van der Waals surface area contributed by atoms with Gasteiger partial charge in [0.05, 0.1) is 37.9 Å². The van der Waals surface area contributed by atoms with E-state index in [2.05, 4.69) is 13.8 Å². The molecular weight excluding hydrogens is 314 g/mol. The van der Waals surface area contributed by atoms with Crippen molar-refractivity contribution in [3.05, 3.63) is 0 Å². The van der Waals surface area contributed by atoms with Gasteiger partial charge in [-0.15, -0.1) is 23.2 Å². The number of nitrogens with zero attached hydrogens (tertiary/aromatic N) is 2. The van der Waals surface area contributed by atoms with Gasteiger partial charge in [0.15, 0.2) is 0 Å². The molecule has 0 spiro atoms. The summed E-state index contributed by atoms with van der Waals surface area (Å²) in [5, 5.41) is 0. The summed E-state index contributed by atoms with van der Waals surface area (Å²) in [6.45, 7) is 14.4. The molecule has 0 amide bonds. The fourth-order valence-electron chi connectivity index (χ4n) is 2.83. The molecule has 112 valence electrons. The van der Waals surface area contributed by atoms with Crippen LogP contribution in [0, 0.1) is 0 Å². The predicted molar refractivity (Wildman–Crippen MR) is 72.2 cm³/mol. The zero-order chi connectivity index (χ0) is 12.1. The van der Waals surface area contributed by atoms with Crippen LogP contribution in [0.15, 0.2) is 0 Å². The summed E-state index contributed by atoms with van der Waals surface area (Å²) in [5.41, 5.74) is 0. The molecule has 1 saturated heterocycles. The van der Waals surface area contributed by atoms with E-state index in [1.54, 1.807) is 0 Å². The van der Waals surface area contributed by atoms with Crippen LogP contribution in [0.1, 0.15) is 13.8 Å². The highest BCUT2D eigenvalue weighted by Crippen LogP contribution is 2.19. The minimum Gasteiger partial charge on any atom is -1.00 e. The summed E-state index contributed by atoms with van der Waals surface area (Å²) in [4.78, 5) is 0. The van der Waals surface area contributed by atoms with Crippen LogP contribution >= 0.6 is 23.2 Å². The summed E-state index contributed by atoms with van der Waals surface area (Å²) >= 11 is 11.9. The molecule has 0 saturated carbocycles. The second-order valence-electron chi connectivity index (χ2n) is 5.04. The van der Waals surface area contributed by atoms with Crippen molar-refractivity contribution in [2.24, 2.45) is 0 Å². The Bertz CT molecular complexity index is 184. The molecule has 0 N–H and O–H groups in total. The molecule has 0 radical (unpaired) electrons. The van der Waals surface area contributed by atoms with Crippen molar-refractivity contribution >= 4 is 23.2 Å². The van der Waals surface area contributed by atoms with Crippen molar-refractivity contribution in [1.29, 1.82) is 0 Å². The molecule has 2 nitrogen and oxygen atoms in total. The normalized spacial score (nSPS) is 31.3. The molecule has 0 aliphatic carbocycles. The van der Waals surface area contributed by atoms with E-state index in [-0.39, 0.29) is 24.8 Å². The van der Waals surface area contributed by atoms with Gasteiger partial charge in [-0.3, -0.25) is 0 Å². The first-order valence-electron chi connectivity index (χ1n) is 6.48.